The van der Waals surface area contributed by atoms with E-state index in [-0.39, 0.29) is 10.8 Å². The van der Waals surface area contributed by atoms with E-state index in [9.17, 15) is 0 Å². The van der Waals surface area contributed by atoms with Gasteiger partial charge < -0.3 is 9.32 Å². The van der Waals surface area contributed by atoms with E-state index in [1.807, 2.05) is 12.1 Å². The molecule has 2 aliphatic carbocycles. The highest BCUT2D eigenvalue weighted by Gasteiger charge is 2.38. The summed E-state index contributed by atoms with van der Waals surface area (Å²) in [5, 5.41) is 7.33. The van der Waals surface area contributed by atoms with Gasteiger partial charge in [-0.2, -0.15) is 0 Å². The van der Waals surface area contributed by atoms with Crippen LogP contribution in [0.25, 0.3) is 99.1 Å². The fourth-order valence-electron chi connectivity index (χ4n) is 12.0. The molecule has 0 saturated heterocycles. The predicted molar refractivity (Wildman–Crippen MR) is 295 cm³/mol. The monoisotopic (exact) mass is 895 g/mol. The highest BCUT2D eigenvalue weighted by molar-refractivity contribution is 6.06. The van der Waals surface area contributed by atoms with Crippen molar-refractivity contribution < 1.29 is 4.42 Å². The molecule has 0 N–H and O–H groups in total. The van der Waals surface area contributed by atoms with Gasteiger partial charge in [-0.25, -0.2) is 0 Å². The first-order valence-electron chi connectivity index (χ1n) is 24.5. The molecule has 0 aliphatic heterocycles. The minimum Gasteiger partial charge on any atom is -0.456 e. The maximum absolute atomic E-state index is 6.33. The minimum atomic E-state index is -0.220. The molecular weight excluding hydrogens is 847 g/mol. The van der Waals surface area contributed by atoms with Gasteiger partial charge >= 0.3 is 0 Å². The van der Waals surface area contributed by atoms with E-state index in [0.717, 1.165) is 50.1 Å². The number of para-hydroxylation sites is 1. The van der Waals surface area contributed by atoms with Gasteiger partial charge in [-0.1, -0.05) is 173 Å². The van der Waals surface area contributed by atoms with Crippen molar-refractivity contribution in [3.05, 3.63) is 247 Å². The molecule has 70 heavy (non-hydrogen) atoms. The van der Waals surface area contributed by atoms with E-state index in [2.05, 4.69) is 245 Å². The molecule has 1 heterocycles. The Morgan fingerprint density at radius 3 is 1.23 bits per heavy atom. The van der Waals surface area contributed by atoms with E-state index in [1.165, 1.54) is 88.3 Å². The molecule has 2 nitrogen and oxygen atoms in total. The van der Waals surface area contributed by atoms with Crippen molar-refractivity contribution in [2.24, 2.45) is 0 Å². The molecule has 0 bridgehead atoms. The topological polar surface area (TPSA) is 16.4 Å². The molecule has 0 unspecified atom stereocenters. The molecule has 0 radical (unpaired) electrons. The van der Waals surface area contributed by atoms with Crippen LogP contribution in [-0.4, -0.2) is 0 Å². The number of rotatable bonds is 6. The normalized spacial score (nSPS) is 13.9. The van der Waals surface area contributed by atoms with E-state index < -0.39 is 0 Å². The summed E-state index contributed by atoms with van der Waals surface area (Å²) >= 11 is 0. The standard InChI is InChI=1S/C68H49NO/c1-67(2)61-37-49(47-19-17-42-11-5-7-13-45(42)35-47)23-30-55(61)57-33-28-53(40-63(57)67)69(52-26-21-44(22-27-52)51-25-32-60-59-15-9-10-16-65(59)70-66(60)39-51)54-29-34-58-56-31-24-50(38-62(56)68(3,4)64(58)41-54)48-20-18-43-12-6-8-14-46(43)36-48/h5-41H,1-4H3. The molecule has 1 aromatic heterocycles. The second-order valence-corrected chi connectivity index (χ2v) is 20.5. The third-order valence-corrected chi connectivity index (χ3v) is 15.8. The number of anilines is 3. The molecule has 14 rings (SSSR count). The van der Waals surface area contributed by atoms with Crippen LogP contribution in [-0.2, 0) is 10.8 Å². The Hall–Kier alpha value is -8.46. The third-order valence-electron chi connectivity index (χ3n) is 15.8. The number of hydrogen-bond acceptors (Lipinski definition) is 2. The summed E-state index contributed by atoms with van der Waals surface area (Å²) in [6, 6.07) is 83.3. The van der Waals surface area contributed by atoms with Crippen LogP contribution in [0.15, 0.2) is 229 Å². The summed E-state index contributed by atoms with van der Waals surface area (Å²) in [4.78, 5) is 2.46. The Kier molecular flexibility index (Phi) is 8.71. The fourth-order valence-corrected chi connectivity index (χ4v) is 12.0. The minimum absolute atomic E-state index is 0.220. The van der Waals surface area contributed by atoms with Gasteiger partial charge in [0.25, 0.3) is 0 Å². The lowest BCUT2D eigenvalue weighted by molar-refractivity contribution is 0.660. The van der Waals surface area contributed by atoms with Crippen molar-refractivity contribution in [1.82, 2.24) is 0 Å². The maximum Gasteiger partial charge on any atom is 0.136 e. The average molecular weight is 896 g/mol. The van der Waals surface area contributed by atoms with Gasteiger partial charge in [0, 0.05) is 38.7 Å². The van der Waals surface area contributed by atoms with E-state index >= 15 is 0 Å². The highest BCUT2D eigenvalue weighted by atomic mass is 16.3. The largest absolute Gasteiger partial charge is 0.456 e. The second-order valence-electron chi connectivity index (χ2n) is 20.5. The third kappa shape index (κ3) is 6.19. The lowest BCUT2D eigenvalue weighted by atomic mass is 9.81. The summed E-state index contributed by atoms with van der Waals surface area (Å²) in [6.07, 6.45) is 0. The first kappa shape index (κ1) is 40.6. The van der Waals surface area contributed by atoms with Crippen LogP contribution in [0.2, 0.25) is 0 Å². The number of furan rings is 1. The fraction of sp³-hybridized carbons (Fsp3) is 0.0882. The number of fused-ring (bicyclic) bond motifs is 11. The van der Waals surface area contributed by atoms with Crippen molar-refractivity contribution in [1.29, 1.82) is 0 Å². The van der Waals surface area contributed by atoms with Gasteiger partial charge in [0.05, 0.1) is 0 Å². The molecule has 11 aromatic carbocycles. The molecule has 0 amide bonds. The Bertz CT molecular complexity index is 3940. The van der Waals surface area contributed by atoms with E-state index in [0.29, 0.717) is 0 Å². The first-order valence-corrected chi connectivity index (χ1v) is 24.5. The van der Waals surface area contributed by atoms with Crippen LogP contribution in [0.1, 0.15) is 49.9 Å². The SMILES string of the molecule is CC1(C)c2cc(-c3ccc4ccccc4c3)ccc2-c2ccc(N(c3ccc(-c4ccc5c(c4)oc4ccccc45)cc3)c3ccc4c(c3)C(C)(C)c3cc(-c5ccc6ccccc6c5)ccc3-4)cc21. The summed E-state index contributed by atoms with van der Waals surface area (Å²) < 4.78 is 6.33. The highest BCUT2D eigenvalue weighted by Crippen LogP contribution is 2.54. The summed E-state index contributed by atoms with van der Waals surface area (Å²) in [5.74, 6) is 0. The van der Waals surface area contributed by atoms with Crippen molar-refractivity contribution in [2.45, 2.75) is 38.5 Å². The maximum atomic E-state index is 6.33. The van der Waals surface area contributed by atoms with Crippen molar-refractivity contribution in [3.8, 4) is 55.6 Å². The van der Waals surface area contributed by atoms with Crippen molar-refractivity contribution >= 4 is 60.5 Å². The van der Waals surface area contributed by atoms with Gasteiger partial charge in [0.2, 0.25) is 0 Å². The Labute approximate surface area is 408 Å². The molecule has 0 fully saturated rings. The zero-order valence-corrected chi connectivity index (χ0v) is 39.7. The van der Waals surface area contributed by atoms with E-state index in [4.69, 9.17) is 4.42 Å². The predicted octanol–water partition coefficient (Wildman–Crippen LogP) is 19.0. The lowest BCUT2D eigenvalue weighted by Crippen LogP contribution is -2.18. The van der Waals surface area contributed by atoms with Gasteiger partial charge in [-0.3, -0.25) is 0 Å². The van der Waals surface area contributed by atoms with Crippen LogP contribution in [0.5, 0.6) is 0 Å². The van der Waals surface area contributed by atoms with Crippen LogP contribution in [0.3, 0.4) is 0 Å². The van der Waals surface area contributed by atoms with E-state index in [1.54, 1.807) is 0 Å². The zero-order chi connectivity index (χ0) is 46.9. The molecule has 0 atom stereocenters. The van der Waals surface area contributed by atoms with Crippen LogP contribution in [0, 0.1) is 0 Å². The summed E-state index contributed by atoms with van der Waals surface area (Å²) in [7, 11) is 0. The number of benzene rings is 11. The Morgan fingerprint density at radius 2 is 0.671 bits per heavy atom. The van der Waals surface area contributed by atoms with Crippen molar-refractivity contribution in [2.75, 3.05) is 4.90 Å². The summed E-state index contributed by atoms with van der Waals surface area (Å²) in [6.45, 7) is 9.58. The zero-order valence-electron chi connectivity index (χ0n) is 39.7. The van der Waals surface area contributed by atoms with Gasteiger partial charge in [0.15, 0.2) is 0 Å². The molecule has 0 saturated carbocycles. The Morgan fingerprint density at radius 1 is 0.286 bits per heavy atom. The molecule has 2 aliphatic rings. The molecule has 332 valence electrons. The number of nitrogens with zero attached hydrogens (tertiary/aromatic N) is 1. The molecule has 0 spiro atoms. The molecular formula is C68H49NO. The van der Waals surface area contributed by atoms with Crippen LogP contribution >= 0.6 is 0 Å². The van der Waals surface area contributed by atoms with Crippen molar-refractivity contribution in [3.63, 3.8) is 0 Å². The van der Waals surface area contributed by atoms with Gasteiger partial charge in [-0.15, -0.1) is 0 Å². The summed E-state index contributed by atoms with van der Waals surface area (Å²) in [5.41, 5.74) is 22.7. The molecule has 12 aromatic rings. The lowest BCUT2D eigenvalue weighted by Gasteiger charge is -2.30. The van der Waals surface area contributed by atoms with Crippen LogP contribution < -0.4 is 4.90 Å². The average Bonchev–Trinajstić information content (AvgIpc) is 3.97. The quantitative estimate of drug-likeness (QED) is 0.165. The Balaban J connectivity index is 0.868. The number of hydrogen-bond donors (Lipinski definition) is 0. The molecule has 2 heteroatoms. The first-order chi connectivity index (χ1) is 34.2. The van der Waals surface area contributed by atoms with Gasteiger partial charge in [-0.05, 0) is 178 Å². The second kappa shape index (κ2) is 15.0. The van der Waals surface area contributed by atoms with Gasteiger partial charge in [0.1, 0.15) is 11.2 Å². The smallest absolute Gasteiger partial charge is 0.136 e. The van der Waals surface area contributed by atoms with Crippen LogP contribution in [0.4, 0.5) is 17.1 Å².